The molecule has 5 heteroatoms. The molecule has 1 heterocycles. The molecule has 1 aliphatic carbocycles. The first-order chi connectivity index (χ1) is 8.59. The SMILES string of the molecule is CN(C(=O)c1c[nH]c(=O)cc1O)C1CCCCC1. The zero-order valence-corrected chi connectivity index (χ0v) is 10.5. The van der Waals surface area contributed by atoms with Crippen molar-refractivity contribution in [3.05, 3.63) is 28.2 Å². The second kappa shape index (κ2) is 5.25. The maximum atomic E-state index is 12.2. The number of carbonyl (C=O) groups is 1. The Hall–Kier alpha value is -1.78. The van der Waals surface area contributed by atoms with Gasteiger partial charge in [-0.25, -0.2) is 0 Å². The van der Waals surface area contributed by atoms with Gasteiger partial charge in [0, 0.05) is 25.4 Å². The van der Waals surface area contributed by atoms with Crippen LogP contribution < -0.4 is 5.56 Å². The molecule has 2 N–H and O–H groups in total. The van der Waals surface area contributed by atoms with E-state index in [2.05, 4.69) is 4.98 Å². The predicted octanol–water partition coefficient (Wildman–Crippen LogP) is 1.49. The molecule has 1 fully saturated rings. The van der Waals surface area contributed by atoms with Crippen LogP contribution in [-0.2, 0) is 0 Å². The van der Waals surface area contributed by atoms with Crippen molar-refractivity contribution < 1.29 is 9.90 Å². The number of aromatic nitrogens is 1. The van der Waals surface area contributed by atoms with Gasteiger partial charge in [-0.05, 0) is 12.8 Å². The number of pyridine rings is 1. The summed E-state index contributed by atoms with van der Waals surface area (Å²) >= 11 is 0. The van der Waals surface area contributed by atoms with Crippen molar-refractivity contribution in [2.24, 2.45) is 0 Å². The van der Waals surface area contributed by atoms with E-state index in [1.165, 1.54) is 12.6 Å². The number of hydrogen-bond acceptors (Lipinski definition) is 3. The molecular formula is C13H18N2O3. The predicted molar refractivity (Wildman–Crippen MR) is 67.7 cm³/mol. The summed E-state index contributed by atoms with van der Waals surface area (Å²) in [6, 6.07) is 1.26. The van der Waals surface area contributed by atoms with Crippen molar-refractivity contribution in [1.82, 2.24) is 9.88 Å². The van der Waals surface area contributed by atoms with Crippen LogP contribution >= 0.6 is 0 Å². The lowest BCUT2D eigenvalue weighted by molar-refractivity contribution is 0.0692. The summed E-state index contributed by atoms with van der Waals surface area (Å²) in [5, 5.41) is 9.64. The highest BCUT2D eigenvalue weighted by Gasteiger charge is 2.24. The molecule has 0 unspecified atom stereocenters. The van der Waals surface area contributed by atoms with Gasteiger partial charge in [0.15, 0.2) is 0 Å². The second-order valence-corrected chi connectivity index (χ2v) is 4.80. The maximum Gasteiger partial charge on any atom is 0.259 e. The van der Waals surface area contributed by atoms with Gasteiger partial charge in [-0.1, -0.05) is 19.3 Å². The van der Waals surface area contributed by atoms with E-state index in [4.69, 9.17) is 0 Å². The number of aromatic amines is 1. The number of amides is 1. The van der Waals surface area contributed by atoms with E-state index in [0.29, 0.717) is 0 Å². The van der Waals surface area contributed by atoms with E-state index in [-0.39, 0.29) is 23.3 Å². The first-order valence-electron chi connectivity index (χ1n) is 6.28. The van der Waals surface area contributed by atoms with Gasteiger partial charge in [-0.3, -0.25) is 9.59 Å². The van der Waals surface area contributed by atoms with Crippen LogP contribution in [0.15, 0.2) is 17.1 Å². The highest BCUT2D eigenvalue weighted by molar-refractivity contribution is 5.96. The molecule has 18 heavy (non-hydrogen) atoms. The molecule has 2 rings (SSSR count). The second-order valence-electron chi connectivity index (χ2n) is 4.80. The lowest BCUT2D eigenvalue weighted by atomic mass is 9.94. The summed E-state index contributed by atoms with van der Waals surface area (Å²) in [5.41, 5.74) is -0.257. The Morgan fingerprint density at radius 3 is 2.67 bits per heavy atom. The Labute approximate surface area is 105 Å². The Morgan fingerprint density at radius 2 is 2.06 bits per heavy atom. The Bertz CT molecular complexity index is 489. The maximum absolute atomic E-state index is 12.2. The number of nitrogens with zero attached hydrogens (tertiary/aromatic N) is 1. The summed E-state index contributed by atoms with van der Waals surface area (Å²) < 4.78 is 0. The van der Waals surface area contributed by atoms with Gasteiger partial charge in [-0.2, -0.15) is 0 Å². The monoisotopic (exact) mass is 250 g/mol. The molecule has 1 aromatic rings. The van der Waals surface area contributed by atoms with Crippen molar-refractivity contribution in [2.75, 3.05) is 7.05 Å². The van der Waals surface area contributed by atoms with Crippen molar-refractivity contribution in [3.63, 3.8) is 0 Å². The van der Waals surface area contributed by atoms with Crippen molar-refractivity contribution in [1.29, 1.82) is 0 Å². The van der Waals surface area contributed by atoms with E-state index in [0.717, 1.165) is 31.7 Å². The van der Waals surface area contributed by atoms with Crippen LogP contribution in [0, 0.1) is 0 Å². The number of rotatable bonds is 2. The molecule has 1 saturated carbocycles. The molecule has 98 valence electrons. The molecule has 0 radical (unpaired) electrons. The number of aromatic hydroxyl groups is 1. The van der Waals surface area contributed by atoms with Crippen molar-refractivity contribution >= 4 is 5.91 Å². The molecule has 1 amide bonds. The van der Waals surface area contributed by atoms with E-state index < -0.39 is 5.56 Å². The Balaban J connectivity index is 2.16. The van der Waals surface area contributed by atoms with E-state index in [9.17, 15) is 14.7 Å². The quantitative estimate of drug-likeness (QED) is 0.835. The fourth-order valence-corrected chi connectivity index (χ4v) is 2.46. The minimum atomic E-state index is -0.413. The summed E-state index contributed by atoms with van der Waals surface area (Å²) in [5.74, 6) is -0.498. The molecular weight excluding hydrogens is 232 g/mol. The highest BCUT2D eigenvalue weighted by Crippen LogP contribution is 2.24. The average Bonchev–Trinajstić information content (AvgIpc) is 2.38. The number of nitrogens with one attached hydrogen (secondary N) is 1. The molecule has 1 aromatic heterocycles. The summed E-state index contributed by atoms with van der Waals surface area (Å²) in [6.07, 6.45) is 6.79. The molecule has 1 aliphatic rings. The number of hydrogen-bond donors (Lipinski definition) is 2. The minimum Gasteiger partial charge on any atom is -0.507 e. The van der Waals surface area contributed by atoms with Crippen LogP contribution in [0.3, 0.4) is 0 Å². The van der Waals surface area contributed by atoms with Gasteiger partial charge >= 0.3 is 0 Å². The van der Waals surface area contributed by atoms with Crippen molar-refractivity contribution in [3.8, 4) is 5.75 Å². The van der Waals surface area contributed by atoms with Crippen LogP contribution in [0.5, 0.6) is 5.75 Å². The van der Waals surface area contributed by atoms with Gasteiger partial charge in [0.2, 0.25) is 0 Å². The molecule has 0 atom stereocenters. The third kappa shape index (κ3) is 2.55. The number of carbonyl (C=O) groups excluding carboxylic acids is 1. The zero-order chi connectivity index (χ0) is 13.1. The van der Waals surface area contributed by atoms with Crippen molar-refractivity contribution in [2.45, 2.75) is 38.1 Å². The van der Waals surface area contributed by atoms with E-state index in [1.807, 2.05) is 0 Å². The Kier molecular flexibility index (Phi) is 3.69. The first kappa shape index (κ1) is 12.7. The molecule has 0 bridgehead atoms. The van der Waals surface area contributed by atoms with Gasteiger partial charge in [0.25, 0.3) is 11.5 Å². The fraction of sp³-hybridized carbons (Fsp3) is 0.538. The third-order valence-electron chi connectivity index (χ3n) is 3.58. The topological polar surface area (TPSA) is 73.4 Å². The summed E-state index contributed by atoms with van der Waals surface area (Å²) in [6.45, 7) is 0. The zero-order valence-electron chi connectivity index (χ0n) is 10.5. The minimum absolute atomic E-state index is 0.155. The van der Waals surface area contributed by atoms with Crippen LogP contribution in [-0.4, -0.2) is 34.0 Å². The normalized spacial score (nSPS) is 16.5. The van der Waals surface area contributed by atoms with E-state index in [1.54, 1.807) is 11.9 Å². The first-order valence-corrected chi connectivity index (χ1v) is 6.28. The molecule has 0 aromatic carbocycles. The van der Waals surface area contributed by atoms with Crippen LogP contribution in [0.2, 0.25) is 0 Å². The van der Waals surface area contributed by atoms with Crippen LogP contribution in [0.4, 0.5) is 0 Å². The smallest absolute Gasteiger partial charge is 0.259 e. The third-order valence-corrected chi connectivity index (χ3v) is 3.58. The van der Waals surface area contributed by atoms with E-state index >= 15 is 0 Å². The molecule has 5 nitrogen and oxygen atoms in total. The molecule has 0 spiro atoms. The standard InChI is InChI=1S/C13H18N2O3/c1-15(9-5-3-2-4-6-9)13(18)10-8-14-12(17)7-11(10)16/h7-9H,2-6H2,1H3,(H2,14,16,17). The van der Waals surface area contributed by atoms with Gasteiger partial charge in [0.1, 0.15) is 5.75 Å². The average molecular weight is 250 g/mol. The fourth-order valence-electron chi connectivity index (χ4n) is 2.46. The number of H-pyrrole nitrogens is 1. The lowest BCUT2D eigenvalue weighted by Gasteiger charge is -2.31. The van der Waals surface area contributed by atoms with Gasteiger partial charge < -0.3 is 15.0 Å². The van der Waals surface area contributed by atoms with Gasteiger partial charge in [-0.15, -0.1) is 0 Å². The molecule has 0 aliphatic heterocycles. The van der Waals surface area contributed by atoms with Crippen LogP contribution in [0.1, 0.15) is 42.5 Å². The Morgan fingerprint density at radius 1 is 1.39 bits per heavy atom. The van der Waals surface area contributed by atoms with Crippen LogP contribution in [0.25, 0.3) is 0 Å². The summed E-state index contributed by atoms with van der Waals surface area (Å²) in [4.78, 5) is 27.3. The van der Waals surface area contributed by atoms with Gasteiger partial charge in [0.05, 0.1) is 5.56 Å². The lowest BCUT2D eigenvalue weighted by Crippen LogP contribution is -2.38. The highest BCUT2D eigenvalue weighted by atomic mass is 16.3. The largest absolute Gasteiger partial charge is 0.507 e. The molecule has 0 saturated heterocycles. The summed E-state index contributed by atoms with van der Waals surface area (Å²) in [7, 11) is 1.75.